The summed E-state index contributed by atoms with van der Waals surface area (Å²) >= 11 is 0. The van der Waals surface area contributed by atoms with E-state index in [1.807, 2.05) is 23.1 Å². The quantitative estimate of drug-likeness (QED) is 0.322. The standard InChI is InChI=1S/C27H39NO4S/c1-5-9-13-20-18-22(15-11-7-3)27-23(19-20)28(25(8-4)33(29,30)31)26-21(14-10-6-2)16-12-17-24(26)32-27/h12,16-19,25H,5-11,13-15H2,1-4H3,(H,29,30,31). The molecule has 0 spiro atoms. The molecular weight excluding hydrogens is 434 g/mol. The van der Waals surface area contributed by atoms with Crippen molar-refractivity contribution in [2.45, 2.75) is 97.3 Å². The molecule has 5 nitrogen and oxygen atoms in total. The lowest BCUT2D eigenvalue weighted by Gasteiger charge is -2.39. The second kappa shape index (κ2) is 11.4. The molecule has 1 heterocycles. The van der Waals surface area contributed by atoms with Gasteiger partial charge in [0.25, 0.3) is 10.1 Å². The van der Waals surface area contributed by atoms with Crippen LogP contribution in [0.2, 0.25) is 0 Å². The average molecular weight is 474 g/mol. The van der Waals surface area contributed by atoms with Crippen LogP contribution in [0.3, 0.4) is 0 Å². The van der Waals surface area contributed by atoms with E-state index in [2.05, 4.69) is 32.9 Å². The van der Waals surface area contributed by atoms with Crippen LogP contribution in [0.1, 0.15) is 89.3 Å². The number of fused-ring (bicyclic) bond motifs is 2. The van der Waals surface area contributed by atoms with Crippen molar-refractivity contribution in [2.75, 3.05) is 4.90 Å². The third kappa shape index (κ3) is 5.72. The summed E-state index contributed by atoms with van der Waals surface area (Å²) in [4.78, 5) is 1.85. The molecule has 1 atom stereocenters. The second-order valence-corrected chi connectivity index (χ2v) is 10.6. The number of ether oxygens (including phenoxy) is 1. The van der Waals surface area contributed by atoms with Gasteiger partial charge in [-0.15, -0.1) is 0 Å². The van der Waals surface area contributed by atoms with E-state index in [4.69, 9.17) is 4.74 Å². The molecular formula is C27H39NO4S. The van der Waals surface area contributed by atoms with Gasteiger partial charge in [0.05, 0.1) is 11.4 Å². The van der Waals surface area contributed by atoms with Gasteiger partial charge in [0.1, 0.15) is 0 Å². The van der Waals surface area contributed by atoms with Crippen LogP contribution in [0.25, 0.3) is 0 Å². The van der Waals surface area contributed by atoms with E-state index in [0.29, 0.717) is 5.75 Å². The molecule has 1 aliphatic rings. The van der Waals surface area contributed by atoms with Gasteiger partial charge < -0.3 is 9.64 Å². The Labute approximate surface area is 199 Å². The van der Waals surface area contributed by atoms with E-state index in [-0.39, 0.29) is 6.42 Å². The summed E-state index contributed by atoms with van der Waals surface area (Å²) in [6, 6.07) is 10.2. The van der Waals surface area contributed by atoms with Gasteiger partial charge in [-0.2, -0.15) is 8.42 Å². The van der Waals surface area contributed by atoms with Crippen molar-refractivity contribution in [1.82, 2.24) is 0 Å². The topological polar surface area (TPSA) is 66.8 Å². The summed E-state index contributed by atoms with van der Waals surface area (Å²) in [5.74, 6) is 1.39. The smallest absolute Gasteiger partial charge is 0.286 e. The minimum absolute atomic E-state index is 0.267. The monoisotopic (exact) mass is 473 g/mol. The van der Waals surface area contributed by atoms with Crippen molar-refractivity contribution in [3.05, 3.63) is 47.0 Å². The SMILES string of the molecule is CCCCc1cc(CCCC)c2c(c1)N(C(CC)S(=O)(=O)O)c1c(CCCC)cccc1O2. The molecule has 0 bridgehead atoms. The average Bonchev–Trinajstić information content (AvgIpc) is 2.79. The molecule has 0 saturated heterocycles. The number of anilines is 2. The normalized spacial score (nSPS) is 13.9. The fourth-order valence-electron chi connectivity index (χ4n) is 4.66. The number of benzene rings is 2. The summed E-state index contributed by atoms with van der Waals surface area (Å²) in [6.07, 6.45) is 9.21. The molecule has 1 aliphatic heterocycles. The molecule has 2 aromatic rings. The van der Waals surface area contributed by atoms with Gasteiger partial charge in [-0.3, -0.25) is 4.55 Å². The van der Waals surface area contributed by atoms with Crippen LogP contribution >= 0.6 is 0 Å². The summed E-state index contributed by atoms with van der Waals surface area (Å²) in [6.45, 7) is 8.29. The number of rotatable bonds is 12. The Morgan fingerprint density at radius 3 is 2.15 bits per heavy atom. The van der Waals surface area contributed by atoms with Crippen LogP contribution in [0.4, 0.5) is 11.4 Å². The van der Waals surface area contributed by atoms with E-state index in [1.165, 1.54) is 5.56 Å². The fourth-order valence-corrected chi connectivity index (χ4v) is 5.57. The zero-order chi connectivity index (χ0) is 24.0. The molecule has 0 aliphatic carbocycles. The van der Waals surface area contributed by atoms with Gasteiger partial charge in [-0.1, -0.05) is 65.2 Å². The largest absolute Gasteiger partial charge is 0.453 e. The van der Waals surface area contributed by atoms with Crippen molar-refractivity contribution < 1.29 is 17.7 Å². The highest BCUT2D eigenvalue weighted by Gasteiger charge is 2.38. The van der Waals surface area contributed by atoms with Crippen LogP contribution in [-0.4, -0.2) is 18.3 Å². The summed E-state index contributed by atoms with van der Waals surface area (Å²) in [5, 5.41) is -1.07. The molecule has 3 rings (SSSR count). The highest BCUT2D eigenvalue weighted by atomic mass is 32.2. The van der Waals surface area contributed by atoms with Gasteiger partial charge in [-0.05, 0) is 73.8 Å². The Kier molecular flexibility index (Phi) is 8.82. The zero-order valence-electron chi connectivity index (χ0n) is 20.6. The second-order valence-electron chi connectivity index (χ2n) is 9.03. The highest BCUT2D eigenvalue weighted by molar-refractivity contribution is 7.86. The number of hydrogen-bond acceptors (Lipinski definition) is 4. The maximum absolute atomic E-state index is 12.6. The van der Waals surface area contributed by atoms with Crippen LogP contribution in [0.15, 0.2) is 30.3 Å². The first-order chi connectivity index (χ1) is 15.8. The Bertz CT molecular complexity index is 1050. The summed E-state index contributed by atoms with van der Waals surface area (Å²) in [7, 11) is -4.33. The number of para-hydroxylation sites is 1. The van der Waals surface area contributed by atoms with Crippen molar-refractivity contribution in [3.63, 3.8) is 0 Å². The maximum Gasteiger partial charge on any atom is 0.286 e. The Morgan fingerprint density at radius 2 is 1.55 bits per heavy atom. The van der Waals surface area contributed by atoms with Crippen LogP contribution in [0, 0.1) is 0 Å². The van der Waals surface area contributed by atoms with Crippen molar-refractivity contribution in [2.24, 2.45) is 0 Å². The van der Waals surface area contributed by atoms with Crippen molar-refractivity contribution >= 4 is 21.5 Å². The van der Waals surface area contributed by atoms with E-state index in [1.54, 1.807) is 6.92 Å². The third-order valence-electron chi connectivity index (χ3n) is 6.40. The van der Waals surface area contributed by atoms with E-state index < -0.39 is 15.5 Å². The lowest BCUT2D eigenvalue weighted by Crippen LogP contribution is -2.39. The lowest BCUT2D eigenvalue weighted by atomic mass is 9.96. The van der Waals surface area contributed by atoms with Crippen molar-refractivity contribution in [1.29, 1.82) is 0 Å². The lowest BCUT2D eigenvalue weighted by molar-refractivity contribution is 0.447. The van der Waals surface area contributed by atoms with Crippen LogP contribution in [0.5, 0.6) is 11.5 Å². The van der Waals surface area contributed by atoms with Crippen molar-refractivity contribution in [3.8, 4) is 11.5 Å². The molecule has 0 aromatic heterocycles. The van der Waals surface area contributed by atoms with E-state index >= 15 is 0 Å². The van der Waals surface area contributed by atoms with Gasteiger partial charge >= 0.3 is 0 Å². The third-order valence-corrected chi connectivity index (χ3v) is 7.63. The van der Waals surface area contributed by atoms with E-state index in [9.17, 15) is 13.0 Å². The zero-order valence-corrected chi connectivity index (χ0v) is 21.4. The van der Waals surface area contributed by atoms with Crippen LogP contribution in [-0.2, 0) is 29.4 Å². The number of aryl methyl sites for hydroxylation is 3. The van der Waals surface area contributed by atoms with E-state index in [0.717, 1.165) is 86.0 Å². The molecule has 1 unspecified atom stereocenters. The predicted octanol–water partition coefficient (Wildman–Crippen LogP) is 7.58. The first-order valence-electron chi connectivity index (χ1n) is 12.6. The number of nitrogens with zero attached hydrogens (tertiary/aromatic N) is 1. The van der Waals surface area contributed by atoms with Gasteiger partial charge in [0, 0.05) is 0 Å². The van der Waals surface area contributed by atoms with Gasteiger partial charge in [0.15, 0.2) is 16.9 Å². The molecule has 33 heavy (non-hydrogen) atoms. The summed E-state index contributed by atoms with van der Waals surface area (Å²) < 4.78 is 42.0. The van der Waals surface area contributed by atoms with Gasteiger partial charge in [0.2, 0.25) is 0 Å². The molecule has 0 radical (unpaired) electrons. The number of hydrogen-bond donors (Lipinski definition) is 1. The Morgan fingerprint density at radius 1 is 0.909 bits per heavy atom. The summed E-state index contributed by atoms with van der Waals surface area (Å²) in [5.41, 5.74) is 4.89. The predicted molar refractivity (Wildman–Crippen MR) is 137 cm³/mol. The molecule has 1 N–H and O–H groups in total. The first-order valence-corrected chi connectivity index (χ1v) is 14.1. The van der Waals surface area contributed by atoms with Crippen LogP contribution < -0.4 is 9.64 Å². The molecule has 2 aromatic carbocycles. The molecule has 0 fully saturated rings. The minimum Gasteiger partial charge on any atom is -0.453 e. The first kappa shape index (κ1) is 25.6. The molecule has 0 saturated carbocycles. The fraction of sp³-hybridized carbons (Fsp3) is 0.556. The Balaban J connectivity index is 2.27. The molecule has 6 heteroatoms. The molecule has 0 amide bonds. The minimum atomic E-state index is -4.33. The molecule has 182 valence electrons. The number of unbranched alkanes of at least 4 members (excludes halogenated alkanes) is 3. The maximum atomic E-state index is 12.6. The Hall–Kier alpha value is -2.05. The highest BCUT2D eigenvalue weighted by Crippen LogP contribution is 2.52. The van der Waals surface area contributed by atoms with Gasteiger partial charge in [-0.25, -0.2) is 0 Å².